The summed E-state index contributed by atoms with van der Waals surface area (Å²) in [7, 11) is 1.48. The first-order chi connectivity index (χ1) is 12.0. The first-order valence-electron chi connectivity index (χ1n) is 7.52. The Bertz CT molecular complexity index is 954. The highest BCUT2D eigenvalue weighted by Crippen LogP contribution is 2.35. The van der Waals surface area contributed by atoms with Gasteiger partial charge in [0.1, 0.15) is 5.82 Å². The Labute approximate surface area is 144 Å². The van der Waals surface area contributed by atoms with Gasteiger partial charge >= 0.3 is 0 Å². The van der Waals surface area contributed by atoms with Crippen LogP contribution in [-0.4, -0.2) is 23.1 Å². The van der Waals surface area contributed by atoms with Gasteiger partial charge in [-0.3, -0.25) is 4.79 Å². The highest BCUT2D eigenvalue weighted by molar-refractivity contribution is 5.94. The Morgan fingerprint density at radius 3 is 2.60 bits per heavy atom. The molecule has 5 N–H and O–H groups in total. The number of primary amides is 1. The van der Waals surface area contributed by atoms with E-state index in [2.05, 4.69) is 4.98 Å². The number of pyridine rings is 1. The zero-order chi connectivity index (χ0) is 18.0. The average Bonchev–Trinajstić information content (AvgIpc) is 2.63. The number of rotatable bonds is 4. The third kappa shape index (κ3) is 3.23. The van der Waals surface area contributed by atoms with E-state index in [-0.39, 0.29) is 5.75 Å². The lowest BCUT2D eigenvalue weighted by atomic mass is 9.99. The fraction of sp³-hybridized carbons (Fsp3) is 0.0526. The standard InChI is InChI=1S/C19H17N3O3/c1-25-17-9-12(5-6-16(17)23)15-8-14(10-22-18(15)20)11-3-2-4-13(7-11)19(21)24/h2-10,23H,1H3,(H2,20,22)(H2,21,24). The summed E-state index contributed by atoms with van der Waals surface area (Å²) in [5.41, 5.74) is 14.8. The Hall–Kier alpha value is -3.54. The number of methoxy groups -OCH3 is 1. The van der Waals surface area contributed by atoms with Crippen molar-refractivity contribution in [3.05, 3.63) is 60.3 Å². The van der Waals surface area contributed by atoms with Crippen molar-refractivity contribution in [1.29, 1.82) is 0 Å². The number of carbonyl (C=O) groups excluding carboxylic acids is 1. The first-order valence-corrected chi connectivity index (χ1v) is 7.52. The number of aromatic nitrogens is 1. The quantitative estimate of drug-likeness (QED) is 0.679. The largest absolute Gasteiger partial charge is 0.504 e. The van der Waals surface area contributed by atoms with E-state index >= 15 is 0 Å². The van der Waals surface area contributed by atoms with E-state index in [1.54, 1.807) is 36.5 Å². The van der Waals surface area contributed by atoms with Gasteiger partial charge in [-0.1, -0.05) is 18.2 Å². The van der Waals surface area contributed by atoms with Crippen LogP contribution in [0, 0.1) is 0 Å². The number of ether oxygens (including phenoxy) is 1. The molecule has 3 aromatic rings. The molecule has 0 atom stereocenters. The molecule has 0 radical (unpaired) electrons. The molecule has 0 bridgehead atoms. The third-order valence-electron chi connectivity index (χ3n) is 3.89. The van der Waals surface area contributed by atoms with Crippen LogP contribution in [-0.2, 0) is 0 Å². The van der Waals surface area contributed by atoms with Crippen LogP contribution in [0.3, 0.4) is 0 Å². The van der Waals surface area contributed by atoms with Crippen LogP contribution >= 0.6 is 0 Å². The zero-order valence-corrected chi connectivity index (χ0v) is 13.6. The van der Waals surface area contributed by atoms with Gasteiger partial charge in [0, 0.05) is 22.9 Å². The van der Waals surface area contributed by atoms with E-state index in [1.807, 2.05) is 12.1 Å². The van der Waals surface area contributed by atoms with Gasteiger partial charge in [-0.05, 0) is 41.5 Å². The van der Waals surface area contributed by atoms with Crippen molar-refractivity contribution in [3.63, 3.8) is 0 Å². The Morgan fingerprint density at radius 2 is 1.88 bits per heavy atom. The third-order valence-corrected chi connectivity index (χ3v) is 3.89. The van der Waals surface area contributed by atoms with Crippen LogP contribution < -0.4 is 16.2 Å². The number of benzene rings is 2. The van der Waals surface area contributed by atoms with Gasteiger partial charge in [0.2, 0.25) is 5.91 Å². The molecule has 126 valence electrons. The maximum atomic E-state index is 11.4. The van der Waals surface area contributed by atoms with E-state index in [9.17, 15) is 9.90 Å². The molecule has 0 aliphatic rings. The maximum Gasteiger partial charge on any atom is 0.248 e. The number of carbonyl (C=O) groups is 1. The van der Waals surface area contributed by atoms with Crippen molar-refractivity contribution < 1.29 is 14.6 Å². The summed E-state index contributed by atoms with van der Waals surface area (Å²) >= 11 is 0. The fourth-order valence-electron chi connectivity index (χ4n) is 2.56. The molecular formula is C19H17N3O3. The molecule has 2 aromatic carbocycles. The van der Waals surface area contributed by atoms with E-state index in [0.717, 1.165) is 16.7 Å². The molecule has 0 saturated carbocycles. The van der Waals surface area contributed by atoms with Gasteiger partial charge in [0.25, 0.3) is 0 Å². The van der Waals surface area contributed by atoms with Gasteiger partial charge in [-0.2, -0.15) is 0 Å². The van der Waals surface area contributed by atoms with Crippen LogP contribution in [0.1, 0.15) is 10.4 Å². The first kappa shape index (κ1) is 16.3. The fourth-order valence-corrected chi connectivity index (χ4v) is 2.56. The normalized spacial score (nSPS) is 10.4. The number of hydrogen-bond donors (Lipinski definition) is 3. The van der Waals surface area contributed by atoms with Crippen molar-refractivity contribution >= 4 is 11.7 Å². The molecule has 3 rings (SSSR count). The summed E-state index contributed by atoms with van der Waals surface area (Å²) in [6.07, 6.45) is 1.64. The van der Waals surface area contributed by atoms with Gasteiger partial charge in [-0.25, -0.2) is 4.98 Å². The molecule has 1 amide bonds. The highest BCUT2D eigenvalue weighted by Gasteiger charge is 2.11. The van der Waals surface area contributed by atoms with Crippen molar-refractivity contribution in [3.8, 4) is 33.8 Å². The molecule has 0 aliphatic heterocycles. The Morgan fingerprint density at radius 1 is 1.08 bits per heavy atom. The maximum absolute atomic E-state index is 11.4. The van der Waals surface area contributed by atoms with Gasteiger partial charge in [-0.15, -0.1) is 0 Å². The summed E-state index contributed by atoms with van der Waals surface area (Å²) in [5, 5.41) is 9.75. The summed E-state index contributed by atoms with van der Waals surface area (Å²) in [5.74, 6) is 0.248. The second-order valence-electron chi connectivity index (χ2n) is 5.49. The zero-order valence-electron chi connectivity index (χ0n) is 13.6. The Balaban J connectivity index is 2.10. The lowest BCUT2D eigenvalue weighted by Crippen LogP contribution is -2.10. The predicted octanol–water partition coefficient (Wildman–Crippen LogP) is 2.81. The summed E-state index contributed by atoms with van der Waals surface area (Å²) in [4.78, 5) is 15.6. The van der Waals surface area contributed by atoms with Crippen molar-refractivity contribution in [2.24, 2.45) is 5.73 Å². The molecule has 0 spiro atoms. The van der Waals surface area contributed by atoms with E-state index in [4.69, 9.17) is 16.2 Å². The lowest BCUT2D eigenvalue weighted by Gasteiger charge is -2.11. The average molecular weight is 335 g/mol. The second-order valence-corrected chi connectivity index (χ2v) is 5.49. The van der Waals surface area contributed by atoms with Gasteiger partial charge in [0.05, 0.1) is 7.11 Å². The SMILES string of the molecule is COc1cc(-c2cc(-c3cccc(C(N)=O)c3)cnc2N)ccc1O. The number of phenolic OH excluding ortho intramolecular Hbond substituents is 1. The number of phenols is 1. The van der Waals surface area contributed by atoms with E-state index < -0.39 is 5.91 Å². The molecule has 6 nitrogen and oxygen atoms in total. The minimum absolute atomic E-state index is 0.0445. The van der Waals surface area contributed by atoms with Crippen LogP contribution in [0.4, 0.5) is 5.82 Å². The molecule has 0 fully saturated rings. The van der Waals surface area contributed by atoms with E-state index in [1.165, 1.54) is 13.2 Å². The summed E-state index contributed by atoms with van der Waals surface area (Å²) in [6.45, 7) is 0. The van der Waals surface area contributed by atoms with Crippen LogP contribution in [0.5, 0.6) is 11.5 Å². The van der Waals surface area contributed by atoms with Crippen molar-refractivity contribution in [1.82, 2.24) is 4.98 Å². The number of hydrogen-bond acceptors (Lipinski definition) is 5. The molecule has 25 heavy (non-hydrogen) atoms. The summed E-state index contributed by atoms with van der Waals surface area (Å²) < 4.78 is 5.14. The highest BCUT2D eigenvalue weighted by atomic mass is 16.5. The number of nitrogens with zero attached hydrogens (tertiary/aromatic N) is 1. The molecule has 0 unspecified atom stereocenters. The number of nitrogens with two attached hydrogens (primary N) is 2. The molecule has 1 aromatic heterocycles. The second kappa shape index (κ2) is 6.52. The topological polar surface area (TPSA) is 111 Å². The molecule has 1 heterocycles. The van der Waals surface area contributed by atoms with Crippen molar-refractivity contribution in [2.75, 3.05) is 12.8 Å². The number of aromatic hydroxyl groups is 1. The molecule has 6 heteroatoms. The number of amides is 1. The van der Waals surface area contributed by atoms with Crippen molar-refractivity contribution in [2.45, 2.75) is 0 Å². The van der Waals surface area contributed by atoms with Crippen LogP contribution in [0.25, 0.3) is 22.3 Å². The monoisotopic (exact) mass is 335 g/mol. The van der Waals surface area contributed by atoms with Crippen LogP contribution in [0.2, 0.25) is 0 Å². The lowest BCUT2D eigenvalue weighted by molar-refractivity contribution is 0.100. The van der Waals surface area contributed by atoms with Crippen LogP contribution in [0.15, 0.2) is 54.7 Å². The summed E-state index contributed by atoms with van der Waals surface area (Å²) in [6, 6.07) is 13.8. The molecule has 0 saturated heterocycles. The minimum atomic E-state index is -0.492. The predicted molar refractivity (Wildman–Crippen MR) is 96.3 cm³/mol. The van der Waals surface area contributed by atoms with E-state index in [0.29, 0.717) is 22.7 Å². The Kier molecular flexibility index (Phi) is 4.26. The number of anilines is 1. The minimum Gasteiger partial charge on any atom is -0.504 e. The molecule has 0 aliphatic carbocycles. The smallest absolute Gasteiger partial charge is 0.248 e. The molecular weight excluding hydrogens is 318 g/mol. The van der Waals surface area contributed by atoms with Gasteiger partial charge < -0.3 is 21.3 Å². The number of nitrogen functional groups attached to an aromatic ring is 1. The van der Waals surface area contributed by atoms with Gasteiger partial charge in [0.15, 0.2) is 11.5 Å².